The maximum absolute atomic E-state index is 12.0. The molecule has 2 aromatic carbocycles. The second-order valence-electron chi connectivity index (χ2n) is 6.73. The van der Waals surface area contributed by atoms with E-state index in [1.54, 1.807) is 12.4 Å². The first-order valence-corrected chi connectivity index (χ1v) is 10.1. The van der Waals surface area contributed by atoms with Gasteiger partial charge in [-0.3, -0.25) is 4.57 Å². The highest BCUT2D eigenvalue weighted by Gasteiger charge is 2.12. The van der Waals surface area contributed by atoms with E-state index in [1.807, 2.05) is 42.7 Å². The second kappa shape index (κ2) is 7.45. The van der Waals surface area contributed by atoms with Crippen molar-refractivity contribution in [3.8, 4) is 5.69 Å². The van der Waals surface area contributed by atoms with E-state index in [1.165, 1.54) is 11.8 Å². The van der Waals surface area contributed by atoms with Gasteiger partial charge in [0.05, 0.1) is 5.69 Å². The van der Waals surface area contributed by atoms with Crippen molar-refractivity contribution in [1.82, 2.24) is 14.8 Å². The molecule has 4 rings (SSSR count). The number of thioether (sulfide) groups is 1. The van der Waals surface area contributed by atoms with Crippen molar-refractivity contribution >= 4 is 34.3 Å². The van der Waals surface area contributed by atoms with E-state index >= 15 is 0 Å². The van der Waals surface area contributed by atoms with Crippen LogP contribution in [0, 0.1) is 20.8 Å². The standard InChI is InChI=1S/C21H18ClN3O2S/c1-12-4-5-16(9-18(12)22)25-11-23-24-21(25)28-10-15-8-20(26)27-19-7-14(3)13(2)6-17(15)19/h4-9,11H,10H2,1-3H3. The molecule has 5 nitrogen and oxygen atoms in total. The van der Waals surface area contributed by atoms with Crippen LogP contribution in [0.5, 0.6) is 0 Å². The average Bonchev–Trinajstić information content (AvgIpc) is 3.12. The van der Waals surface area contributed by atoms with Gasteiger partial charge in [0, 0.05) is 22.2 Å². The fraction of sp³-hybridized carbons (Fsp3) is 0.190. The lowest BCUT2D eigenvalue weighted by molar-refractivity contribution is 0.559. The monoisotopic (exact) mass is 411 g/mol. The number of aromatic nitrogens is 3. The fourth-order valence-corrected chi connectivity index (χ4v) is 4.07. The molecule has 7 heteroatoms. The third-order valence-electron chi connectivity index (χ3n) is 4.75. The normalized spacial score (nSPS) is 11.3. The van der Waals surface area contributed by atoms with Crippen molar-refractivity contribution in [3.05, 3.63) is 80.4 Å². The minimum atomic E-state index is -0.349. The highest BCUT2D eigenvalue weighted by molar-refractivity contribution is 7.98. The Bertz CT molecular complexity index is 1250. The molecule has 0 saturated carbocycles. The van der Waals surface area contributed by atoms with Crippen LogP contribution in [0.1, 0.15) is 22.3 Å². The SMILES string of the molecule is Cc1cc2oc(=O)cc(CSc3nncn3-c3ccc(C)c(Cl)c3)c2cc1C. The molecule has 2 aromatic heterocycles. The molecule has 28 heavy (non-hydrogen) atoms. The molecule has 142 valence electrons. The number of rotatable bonds is 4. The predicted octanol–water partition coefficient (Wildman–Crippen LogP) is 5.24. The number of hydrogen-bond donors (Lipinski definition) is 0. The highest BCUT2D eigenvalue weighted by atomic mass is 35.5. The third-order valence-corrected chi connectivity index (χ3v) is 6.15. The van der Waals surface area contributed by atoms with E-state index in [2.05, 4.69) is 23.2 Å². The van der Waals surface area contributed by atoms with Gasteiger partial charge < -0.3 is 4.42 Å². The summed E-state index contributed by atoms with van der Waals surface area (Å²) in [6, 6.07) is 11.4. The molecule has 0 atom stereocenters. The maximum atomic E-state index is 12.0. The quantitative estimate of drug-likeness (QED) is 0.339. The minimum Gasteiger partial charge on any atom is -0.423 e. The van der Waals surface area contributed by atoms with Gasteiger partial charge in [-0.25, -0.2) is 4.79 Å². The van der Waals surface area contributed by atoms with Gasteiger partial charge in [0.2, 0.25) is 0 Å². The highest BCUT2D eigenvalue weighted by Crippen LogP contribution is 2.29. The van der Waals surface area contributed by atoms with Gasteiger partial charge >= 0.3 is 5.63 Å². The summed E-state index contributed by atoms with van der Waals surface area (Å²) in [6.45, 7) is 6.02. The number of benzene rings is 2. The zero-order valence-electron chi connectivity index (χ0n) is 15.7. The smallest absolute Gasteiger partial charge is 0.336 e. The lowest BCUT2D eigenvalue weighted by Gasteiger charge is -2.10. The number of nitrogens with zero attached hydrogens (tertiary/aromatic N) is 3. The van der Waals surface area contributed by atoms with Gasteiger partial charge in [0.15, 0.2) is 5.16 Å². The maximum Gasteiger partial charge on any atom is 0.336 e. The lowest BCUT2D eigenvalue weighted by atomic mass is 10.0. The van der Waals surface area contributed by atoms with E-state index in [9.17, 15) is 4.79 Å². The Morgan fingerprint density at radius 3 is 2.64 bits per heavy atom. The van der Waals surface area contributed by atoms with Crippen LogP contribution in [0.15, 0.2) is 57.1 Å². The molecule has 0 amide bonds. The summed E-state index contributed by atoms with van der Waals surface area (Å²) in [5.74, 6) is 0.572. The molecule has 0 unspecified atom stereocenters. The van der Waals surface area contributed by atoms with Crippen LogP contribution < -0.4 is 5.63 Å². The summed E-state index contributed by atoms with van der Waals surface area (Å²) < 4.78 is 7.27. The van der Waals surface area contributed by atoms with Crippen LogP contribution in [0.25, 0.3) is 16.7 Å². The van der Waals surface area contributed by atoms with Crippen LogP contribution >= 0.6 is 23.4 Å². The van der Waals surface area contributed by atoms with Crippen molar-refractivity contribution in [2.45, 2.75) is 31.7 Å². The summed E-state index contributed by atoms with van der Waals surface area (Å²) in [4.78, 5) is 12.0. The first-order valence-electron chi connectivity index (χ1n) is 8.76. The zero-order chi connectivity index (χ0) is 19.8. The molecule has 0 aliphatic carbocycles. The van der Waals surface area contributed by atoms with Gasteiger partial charge in [-0.2, -0.15) is 0 Å². The van der Waals surface area contributed by atoms with E-state index < -0.39 is 0 Å². The summed E-state index contributed by atoms with van der Waals surface area (Å²) in [5, 5.41) is 10.6. The Labute approximate surface area is 171 Å². The van der Waals surface area contributed by atoms with Crippen LogP contribution in [0.4, 0.5) is 0 Å². The topological polar surface area (TPSA) is 60.9 Å². The van der Waals surface area contributed by atoms with Gasteiger partial charge in [-0.05, 0) is 67.3 Å². The Balaban J connectivity index is 1.68. The first-order chi connectivity index (χ1) is 13.4. The van der Waals surface area contributed by atoms with Crippen molar-refractivity contribution in [2.24, 2.45) is 0 Å². The number of fused-ring (bicyclic) bond motifs is 1. The van der Waals surface area contributed by atoms with E-state index in [0.717, 1.165) is 38.5 Å². The van der Waals surface area contributed by atoms with Crippen molar-refractivity contribution < 1.29 is 4.42 Å². The molecule has 2 heterocycles. The molecule has 0 aliphatic heterocycles. The van der Waals surface area contributed by atoms with Crippen molar-refractivity contribution in [3.63, 3.8) is 0 Å². The Morgan fingerprint density at radius 2 is 1.86 bits per heavy atom. The molecule has 0 radical (unpaired) electrons. The molecule has 0 saturated heterocycles. The van der Waals surface area contributed by atoms with Gasteiger partial charge in [0.1, 0.15) is 11.9 Å². The lowest BCUT2D eigenvalue weighted by Crippen LogP contribution is -2.01. The average molecular weight is 412 g/mol. The molecule has 0 spiro atoms. The Hall–Kier alpha value is -2.57. The number of hydrogen-bond acceptors (Lipinski definition) is 5. The molecule has 0 fully saturated rings. The van der Waals surface area contributed by atoms with Crippen LogP contribution in [-0.2, 0) is 5.75 Å². The van der Waals surface area contributed by atoms with Gasteiger partial charge in [-0.1, -0.05) is 29.4 Å². The fourth-order valence-electron chi connectivity index (χ4n) is 2.98. The van der Waals surface area contributed by atoms with Crippen molar-refractivity contribution in [1.29, 1.82) is 0 Å². The third kappa shape index (κ3) is 3.57. The number of aryl methyl sites for hydroxylation is 3. The van der Waals surface area contributed by atoms with Gasteiger partial charge in [0.25, 0.3) is 0 Å². The summed E-state index contributed by atoms with van der Waals surface area (Å²) in [7, 11) is 0. The molecular formula is C21H18ClN3O2S. The van der Waals surface area contributed by atoms with E-state index in [0.29, 0.717) is 16.4 Å². The Morgan fingerprint density at radius 1 is 1.07 bits per heavy atom. The van der Waals surface area contributed by atoms with Crippen LogP contribution in [0.2, 0.25) is 5.02 Å². The van der Waals surface area contributed by atoms with Gasteiger partial charge in [-0.15, -0.1) is 10.2 Å². The molecule has 0 bridgehead atoms. The molecule has 0 N–H and O–H groups in total. The number of halogens is 1. The first kappa shape index (κ1) is 18.8. The van der Waals surface area contributed by atoms with E-state index in [-0.39, 0.29) is 5.63 Å². The van der Waals surface area contributed by atoms with Crippen molar-refractivity contribution in [2.75, 3.05) is 0 Å². The second-order valence-corrected chi connectivity index (χ2v) is 8.08. The van der Waals surface area contributed by atoms with Crippen LogP contribution in [-0.4, -0.2) is 14.8 Å². The largest absolute Gasteiger partial charge is 0.423 e. The van der Waals surface area contributed by atoms with Crippen LogP contribution in [0.3, 0.4) is 0 Å². The molecule has 4 aromatic rings. The summed E-state index contributed by atoms with van der Waals surface area (Å²) in [5.41, 5.74) is 5.33. The molecular weight excluding hydrogens is 394 g/mol. The summed E-state index contributed by atoms with van der Waals surface area (Å²) in [6.07, 6.45) is 1.66. The van der Waals surface area contributed by atoms with E-state index in [4.69, 9.17) is 16.0 Å². The minimum absolute atomic E-state index is 0.349. The predicted molar refractivity (Wildman–Crippen MR) is 113 cm³/mol. The molecule has 0 aliphatic rings. The Kier molecular flexibility index (Phi) is 5.00. The summed E-state index contributed by atoms with van der Waals surface area (Å²) >= 11 is 7.77. The zero-order valence-corrected chi connectivity index (χ0v) is 17.3.